The summed E-state index contributed by atoms with van der Waals surface area (Å²) < 4.78 is 21.8. The number of hydrogen-bond donors (Lipinski definition) is 2. The number of ether oxygens (including phenoxy) is 1. The van der Waals surface area contributed by atoms with Gasteiger partial charge in [-0.25, -0.2) is 14.2 Å². The van der Waals surface area contributed by atoms with Gasteiger partial charge in [0.05, 0.1) is 29.9 Å². The smallest absolute Gasteiger partial charge is 0.335 e. The van der Waals surface area contributed by atoms with Crippen molar-refractivity contribution in [1.29, 1.82) is 5.26 Å². The minimum atomic E-state index is -1.24. The standard InChI is InChI=1S/C26H26FN5O3/c1-25(2,10-11-28)22-20(15-8-9-26(3,24(33)34)35-14-15)21-19(12-16-13-29-31-23(16)30-21)32(22)18-6-4-17(27)5-7-18/h4-7,12-13,15H,8-10,14H2,1-3H3,(H,33,34)(H,29,30,31)/t15?,26-/m0/s1. The van der Waals surface area contributed by atoms with Crippen LogP contribution in [-0.2, 0) is 14.9 Å². The lowest BCUT2D eigenvalue weighted by atomic mass is 9.78. The second-order valence-electron chi connectivity index (χ2n) is 10.0. The summed E-state index contributed by atoms with van der Waals surface area (Å²) >= 11 is 0. The molecule has 8 nitrogen and oxygen atoms in total. The Morgan fingerprint density at radius 1 is 1.40 bits per heavy atom. The Balaban J connectivity index is 1.82. The van der Waals surface area contributed by atoms with Crippen molar-refractivity contribution in [3.8, 4) is 11.8 Å². The molecule has 0 radical (unpaired) electrons. The first-order valence-electron chi connectivity index (χ1n) is 11.5. The Morgan fingerprint density at radius 2 is 2.14 bits per heavy atom. The molecule has 5 rings (SSSR count). The molecule has 4 aromatic rings. The van der Waals surface area contributed by atoms with E-state index < -0.39 is 17.0 Å². The second kappa shape index (κ2) is 8.17. The third-order valence-electron chi connectivity index (χ3n) is 7.06. The van der Waals surface area contributed by atoms with Gasteiger partial charge < -0.3 is 14.4 Å². The van der Waals surface area contributed by atoms with Crippen LogP contribution in [0.25, 0.3) is 27.8 Å². The highest BCUT2D eigenvalue weighted by Crippen LogP contribution is 2.45. The molecule has 1 fully saturated rings. The van der Waals surface area contributed by atoms with Gasteiger partial charge in [0.15, 0.2) is 11.2 Å². The van der Waals surface area contributed by atoms with Crippen LogP contribution < -0.4 is 0 Å². The van der Waals surface area contributed by atoms with Gasteiger partial charge >= 0.3 is 5.97 Å². The number of nitrogens with one attached hydrogen (secondary N) is 1. The largest absolute Gasteiger partial charge is 0.479 e. The van der Waals surface area contributed by atoms with Gasteiger partial charge in [-0.2, -0.15) is 10.4 Å². The van der Waals surface area contributed by atoms with E-state index in [1.807, 2.05) is 24.5 Å². The SMILES string of the molecule is CC(C)(CC#N)c1c(C2CC[C@@](C)(C(=O)O)OC2)c2nc3[nH]ncc3cc2n1-c1ccc(F)cc1. The Kier molecular flexibility index (Phi) is 5.37. The molecular formula is C26H26FN5O3. The minimum absolute atomic E-state index is 0.132. The monoisotopic (exact) mass is 475 g/mol. The fourth-order valence-corrected chi connectivity index (χ4v) is 5.07. The number of nitriles is 1. The molecule has 2 atom stereocenters. The number of carboxylic acid groups (broad SMARTS) is 1. The lowest BCUT2D eigenvalue weighted by Gasteiger charge is -2.36. The first-order chi connectivity index (χ1) is 16.6. The van der Waals surface area contributed by atoms with E-state index in [9.17, 15) is 19.6 Å². The maximum absolute atomic E-state index is 13.8. The van der Waals surface area contributed by atoms with Crippen LogP contribution in [0.15, 0.2) is 36.5 Å². The zero-order valence-electron chi connectivity index (χ0n) is 19.8. The van der Waals surface area contributed by atoms with E-state index in [4.69, 9.17) is 9.72 Å². The number of carbonyl (C=O) groups is 1. The molecule has 180 valence electrons. The molecule has 0 amide bonds. The van der Waals surface area contributed by atoms with E-state index >= 15 is 0 Å². The highest BCUT2D eigenvalue weighted by atomic mass is 19.1. The number of halogens is 1. The van der Waals surface area contributed by atoms with Crippen LogP contribution in [-0.4, -0.2) is 43.0 Å². The average Bonchev–Trinajstić information content (AvgIpc) is 3.41. The van der Waals surface area contributed by atoms with Gasteiger partial charge in [0.1, 0.15) is 5.82 Å². The van der Waals surface area contributed by atoms with E-state index in [0.29, 0.717) is 18.5 Å². The van der Waals surface area contributed by atoms with E-state index in [0.717, 1.165) is 33.4 Å². The van der Waals surface area contributed by atoms with E-state index in [1.165, 1.54) is 12.1 Å². The van der Waals surface area contributed by atoms with Crippen LogP contribution in [0.1, 0.15) is 57.2 Å². The molecule has 1 aliphatic heterocycles. The van der Waals surface area contributed by atoms with Crippen molar-refractivity contribution in [2.45, 2.75) is 57.0 Å². The summed E-state index contributed by atoms with van der Waals surface area (Å²) in [5, 5.41) is 27.2. The number of aliphatic carboxylic acids is 1. The fraction of sp³-hybridized carbons (Fsp3) is 0.385. The summed E-state index contributed by atoms with van der Waals surface area (Å²) in [4.78, 5) is 16.7. The Bertz CT molecular complexity index is 1470. The van der Waals surface area contributed by atoms with Crippen molar-refractivity contribution in [3.05, 3.63) is 53.6 Å². The first kappa shape index (κ1) is 23.0. The maximum Gasteiger partial charge on any atom is 0.335 e. The van der Waals surface area contributed by atoms with Gasteiger partial charge in [-0.1, -0.05) is 13.8 Å². The molecule has 0 aliphatic carbocycles. The molecule has 9 heteroatoms. The van der Waals surface area contributed by atoms with Crippen molar-refractivity contribution >= 4 is 28.0 Å². The number of carboxylic acids is 1. The Labute approximate surface area is 201 Å². The zero-order valence-corrected chi connectivity index (χ0v) is 19.8. The third kappa shape index (κ3) is 3.74. The number of benzene rings is 1. The van der Waals surface area contributed by atoms with Crippen molar-refractivity contribution in [1.82, 2.24) is 19.7 Å². The maximum atomic E-state index is 13.8. The molecule has 2 N–H and O–H groups in total. The molecule has 3 aromatic heterocycles. The number of pyridine rings is 1. The van der Waals surface area contributed by atoms with Crippen molar-refractivity contribution in [2.24, 2.45) is 0 Å². The van der Waals surface area contributed by atoms with E-state index in [-0.39, 0.29) is 24.8 Å². The number of hydrogen-bond acceptors (Lipinski definition) is 5. The summed E-state index contributed by atoms with van der Waals surface area (Å²) in [6, 6.07) is 10.5. The zero-order chi connectivity index (χ0) is 25.0. The molecule has 35 heavy (non-hydrogen) atoms. The van der Waals surface area contributed by atoms with Gasteiger partial charge in [0.2, 0.25) is 0 Å². The number of rotatable bonds is 5. The lowest BCUT2D eigenvalue weighted by molar-refractivity contribution is -0.170. The molecule has 0 saturated carbocycles. The van der Waals surface area contributed by atoms with Crippen LogP contribution >= 0.6 is 0 Å². The number of H-pyrrole nitrogens is 1. The number of aromatic nitrogens is 4. The lowest BCUT2D eigenvalue weighted by Crippen LogP contribution is -2.43. The topological polar surface area (TPSA) is 117 Å². The molecule has 0 spiro atoms. The summed E-state index contributed by atoms with van der Waals surface area (Å²) in [5.41, 5.74) is 2.92. The predicted molar refractivity (Wildman–Crippen MR) is 128 cm³/mol. The third-order valence-corrected chi connectivity index (χ3v) is 7.06. The summed E-state index contributed by atoms with van der Waals surface area (Å²) in [6.07, 6.45) is 2.88. The quantitative estimate of drug-likeness (QED) is 0.421. The molecule has 1 unspecified atom stereocenters. The normalized spacial score (nSPS) is 20.8. The highest BCUT2D eigenvalue weighted by Gasteiger charge is 2.42. The number of fused-ring (bicyclic) bond motifs is 2. The van der Waals surface area contributed by atoms with E-state index in [1.54, 1.807) is 25.3 Å². The van der Waals surface area contributed by atoms with Gasteiger partial charge in [-0.05, 0) is 50.1 Å². The van der Waals surface area contributed by atoms with E-state index in [2.05, 4.69) is 16.3 Å². The van der Waals surface area contributed by atoms with Crippen LogP contribution in [0.5, 0.6) is 0 Å². The number of nitrogens with zero attached hydrogens (tertiary/aromatic N) is 4. The molecule has 1 aromatic carbocycles. The molecular weight excluding hydrogens is 449 g/mol. The number of aromatic amines is 1. The van der Waals surface area contributed by atoms with Crippen molar-refractivity contribution < 1.29 is 19.0 Å². The molecule has 1 aliphatic rings. The van der Waals surface area contributed by atoms with Crippen LogP contribution in [0.4, 0.5) is 4.39 Å². The highest BCUT2D eigenvalue weighted by molar-refractivity contribution is 5.94. The fourth-order valence-electron chi connectivity index (χ4n) is 5.07. The van der Waals surface area contributed by atoms with Crippen LogP contribution in [0, 0.1) is 17.1 Å². The van der Waals surface area contributed by atoms with Gasteiger partial charge in [-0.3, -0.25) is 5.10 Å². The first-order valence-corrected chi connectivity index (χ1v) is 11.5. The summed E-state index contributed by atoms with van der Waals surface area (Å²) in [7, 11) is 0. The average molecular weight is 476 g/mol. The Hall–Kier alpha value is -3.77. The predicted octanol–water partition coefficient (Wildman–Crippen LogP) is 4.97. The van der Waals surface area contributed by atoms with Crippen LogP contribution in [0.2, 0.25) is 0 Å². The summed E-state index contributed by atoms with van der Waals surface area (Å²) in [6.45, 7) is 5.82. The second-order valence-corrected chi connectivity index (χ2v) is 10.0. The van der Waals surface area contributed by atoms with Crippen molar-refractivity contribution in [2.75, 3.05) is 6.61 Å². The van der Waals surface area contributed by atoms with Gasteiger partial charge in [0.25, 0.3) is 0 Å². The Morgan fingerprint density at radius 3 is 2.77 bits per heavy atom. The summed E-state index contributed by atoms with van der Waals surface area (Å²) in [5.74, 6) is -1.45. The minimum Gasteiger partial charge on any atom is -0.479 e. The molecule has 0 bridgehead atoms. The van der Waals surface area contributed by atoms with Gasteiger partial charge in [-0.15, -0.1) is 0 Å². The molecule has 4 heterocycles. The molecule has 1 saturated heterocycles. The van der Waals surface area contributed by atoms with Crippen LogP contribution in [0.3, 0.4) is 0 Å². The van der Waals surface area contributed by atoms with Crippen molar-refractivity contribution in [3.63, 3.8) is 0 Å². The van der Waals surface area contributed by atoms with Gasteiger partial charge in [0, 0.05) is 40.1 Å².